The molecule has 0 radical (unpaired) electrons. The third-order valence-corrected chi connectivity index (χ3v) is 5.69. The fourth-order valence-corrected chi connectivity index (χ4v) is 3.66. The first kappa shape index (κ1) is 26.6. The normalized spacial score (nSPS) is 10.8. The van der Waals surface area contributed by atoms with Gasteiger partial charge in [-0.2, -0.15) is 5.26 Å². The summed E-state index contributed by atoms with van der Waals surface area (Å²) in [5.41, 5.74) is 3.29. The van der Waals surface area contributed by atoms with Crippen LogP contribution in [0, 0.1) is 25.2 Å². The molecular formula is C27H23Cl2N3O4. The molecule has 0 spiro atoms. The van der Waals surface area contributed by atoms with Crippen LogP contribution in [0.4, 0.5) is 11.4 Å². The highest BCUT2D eigenvalue weighted by Gasteiger charge is 2.16. The molecule has 0 atom stereocenters. The van der Waals surface area contributed by atoms with Crippen molar-refractivity contribution in [1.29, 1.82) is 5.26 Å². The number of benzene rings is 3. The lowest BCUT2D eigenvalue weighted by atomic mass is 10.1. The molecule has 0 aliphatic heterocycles. The maximum atomic E-state index is 12.6. The number of hydrogen-bond donors (Lipinski definition) is 2. The molecular weight excluding hydrogens is 501 g/mol. The SMILES string of the molecule is COc1cc(/C=C(\C#N)C(=O)Nc2cccc(C)c2)cc(Cl)c1OCC(=O)Nc1ccc(C)c(Cl)c1. The molecule has 0 saturated carbocycles. The van der Waals surface area contributed by atoms with Gasteiger partial charge < -0.3 is 20.1 Å². The third-order valence-electron chi connectivity index (χ3n) is 5.01. The maximum Gasteiger partial charge on any atom is 0.266 e. The van der Waals surface area contributed by atoms with Crippen LogP contribution in [-0.2, 0) is 9.59 Å². The van der Waals surface area contributed by atoms with Gasteiger partial charge >= 0.3 is 0 Å². The summed E-state index contributed by atoms with van der Waals surface area (Å²) in [6.45, 7) is 3.43. The van der Waals surface area contributed by atoms with Crippen molar-refractivity contribution in [3.8, 4) is 17.6 Å². The Morgan fingerprint density at radius 1 is 1.00 bits per heavy atom. The molecule has 184 valence electrons. The molecule has 2 amide bonds. The number of halogens is 2. The van der Waals surface area contributed by atoms with Gasteiger partial charge in [0.25, 0.3) is 11.8 Å². The Bertz CT molecular complexity index is 1380. The maximum absolute atomic E-state index is 12.6. The highest BCUT2D eigenvalue weighted by Crippen LogP contribution is 2.37. The summed E-state index contributed by atoms with van der Waals surface area (Å²) in [4.78, 5) is 24.9. The van der Waals surface area contributed by atoms with E-state index in [1.807, 2.05) is 26.0 Å². The first-order chi connectivity index (χ1) is 17.2. The van der Waals surface area contributed by atoms with E-state index in [0.717, 1.165) is 11.1 Å². The van der Waals surface area contributed by atoms with E-state index in [-0.39, 0.29) is 28.7 Å². The van der Waals surface area contributed by atoms with Crippen LogP contribution in [-0.4, -0.2) is 25.5 Å². The molecule has 0 aliphatic rings. The summed E-state index contributed by atoms with van der Waals surface area (Å²) < 4.78 is 11.0. The zero-order valence-corrected chi connectivity index (χ0v) is 21.3. The van der Waals surface area contributed by atoms with Crippen molar-refractivity contribution in [2.75, 3.05) is 24.4 Å². The standard InChI is InChI=1S/C27H23Cl2N3O4/c1-16-5-4-6-20(9-16)32-27(34)19(14-30)10-18-11-23(29)26(24(12-18)35-3)36-15-25(33)31-21-8-7-17(2)22(28)13-21/h4-13H,15H2,1-3H3,(H,31,33)(H,32,34)/b19-10+. The second kappa shape index (κ2) is 12.1. The molecule has 0 bridgehead atoms. The van der Waals surface area contributed by atoms with E-state index < -0.39 is 11.8 Å². The molecule has 7 nitrogen and oxygen atoms in total. The second-order valence-corrected chi connectivity index (χ2v) is 8.64. The number of amides is 2. The molecule has 3 rings (SSSR count). The Morgan fingerprint density at radius 2 is 1.75 bits per heavy atom. The minimum atomic E-state index is -0.564. The number of nitrogens with zero attached hydrogens (tertiary/aromatic N) is 1. The van der Waals surface area contributed by atoms with Gasteiger partial charge in [0.15, 0.2) is 18.1 Å². The fourth-order valence-electron chi connectivity index (χ4n) is 3.21. The first-order valence-electron chi connectivity index (χ1n) is 10.8. The molecule has 3 aromatic rings. The van der Waals surface area contributed by atoms with Crippen LogP contribution >= 0.6 is 23.2 Å². The second-order valence-electron chi connectivity index (χ2n) is 7.83. The Hall–Kier alpha value is -3.99. The number of carbonyl (C=O) groups excluding carboxylic acids is 2. The summed E-state index contributed by atoms with van der Waals surface area (Å²) in [5.74, 6) is -0.601. The van der Waals surface area contributed by atoms with Crippen LogP contribution in [0.15, 0.2) is 60.2 Å². The van der Waals surface area contributed by atoms with Gasteiger partial charge in [0, 0.05) is 16.4 Å². The average Bonchev–Trinajstić information content (AvgIpc) is 2.83. The first-order valence-corrected chi connectivity index (χ1v) is 11.5. The number of aryl methyl sites for hydroxylation is 2. The molecule has 0 fully saturated rings. The van der Waals surface area contributed by atoms with Crippen molar-refractivity contribution < 1.29 is 19.1 Å². The number of ether oxygens (including phenoxy) is 2. The van der Waals surface area contributed by atoms with Crippen molar-refractivity contribution >= 4 is 52.5 Å². The van der Waals surface area contributed by atoms with Crippen molar-refractivity contribution in [1.82, 2.24) is 0 Å². The molecule has 0 heterocycles. The molecule has 0 saturated heterocycles. The monoisotopic (exact) mass is 523 g/mol. The van der Waals surface area contributed by atoms with E-state index in [1.165, 1.54) is 19.3 Å². The van der Waals surface area contributed by atoms with Gasteiger partial charge in [0.1, 0.15) is 11.6 Å². The smallest absolute Gasteiger partial charge is 0.266 e. The van der Waals surface area contributed by atoms with Gasteiger partial charge in [-0.3, -0.25) is 9.59 Å². The van der Waals surface area contributed by atoms with Crippen molar-refractivity contribution in [3.05, 3.63) is 86.9 Å². The third kappa shape index (κ3) is 7.01. The lowest BCUT2D eigenvalue weighted by Gasteiger charge is -2.14. The van der Waals surface area contributed by atoms with Crippen LogP contribution in [0.2, 0.25) is 10.0 Å². The largest absolute Gasteiger partial charge is 0.493 e. The fraction of sp³-hybridized carbons (Fsp3) is 0.148. The molecule has 36 heavy (non-hydrogen) atoms. The molecule has 0 aromatic heterocycles. The summed E-state index contributed by atoms with van der Waals surface area (Å²) >= 11 is 12.5. The number of hydrogen-bond acceptors (Lipinski definition) is 5. The zero-order chi connectivity index (χ0) is 26.2. The minimum absolute atomic E-state index is 0.126. The highest BCUT2D eigenvalue weighted by molar-refractivity contribution is 6.32. The van der Waals surface area contributed by atoms with E-state index in [9.17, 15) is 14.9 Å². The number of nitrogens with one attached hydrogen (secondary N) is 2. The Morgan fingerprint density at radius 3 is 2.42 bits per heavy atom. The quantitative estimate of drug-likeness (QED) is 0.271. The van der Waals surface area contributed by atoms with Crippen LogP contribution in [0.5, 0.6) is 11.5 Å². The topological polar surface area (TPSA) is 100 Å². The van der Waals surface area contributed by atoms with Crippen LogP contribution < -0.4 is 20.1 Å². The minimum Gasteiger partial charge on any atom is -0.493 e. The number of methoxy groups -OCH3 is 1. The Balaban J connectivity index is 1.73. The summed E-state index contributed by atoms with van der Waals surface area (Å²) in [6.07, 6.45) is 1.39. The molecule has 2 N–H and O–H groups in total. The predicted octanol–water partition coefficient (Wildman–Crippen LogP) is 6.18. The summed E-state index contributed by atoms with van der Waals surface area (Å²) in [6, 6.07) is 17.4. The molecule has 0 aliphatic carbocycles. The van der Waals surface area contributed by atoms with Gasteiger partial charge in [-0.05, 0) is 73.0 Å². The van der Waals surface area contributed by atoms with Crippen molar-refractivity contribution in [2.45, 2.75) is 13.8 Å². The van der Waals surface area contributed by atoms with Gasteiger partial charge in [-0.25, -0.2) is 0 Å². The number of nitriles is 1. The van der Waals surface area contributed by atoms with Crippen LogP contribution in [0.3, 0.4) is 0 Å². The number of anilines is 2. The van der Waals surface area contributed by atoms with E-state index in [1.54, 1.807) is 42.5 Å². The van der Waals surface area contributed by atoms with E-state index in [4.69, 9.17) is 32.7 Å². The number of carbonyl (C=O) groups is 2. The van der Waals surface area contributed by atoms with Gasteiger partial charge in [-0.15, -0.1) is 0 Å². The van der Waals surface area contributed by atoms with Crippen molar-refractivity contribution in [2.24, 2.45) is 0 Å². The van der Waals surface area contributed by atoms with Gasteiger partial charge in [0.2, 0.25) is 0 Å². The summed E-state index contributed by atoms with van der Waals surface area (Å²) in [7, 11) is 1.41. The Labute approximate surface area is 219 Å². The zero-order valence-electron chi connectivity index (χ0n) is 19.8. The number of rotatable bonds is 8. The lowest BCUT2D eigenvalue weighted by molar-refractivity contribution is -0.118. The average molecular weight is 524 g/mol. The van der Waals surface area contributed by atoms with Crippen LogP contribution in [0.25, 0.3) is 6.08 Å². The van der Waals surface area contributed by atoms with Crippen LogP contribution in [0.1, 0.15) is 16.7 Å². The molecule has 3 aromatic carbocycles. The van der Waals surface area contributed by atoms with E-state index >= 15 is 0 Å². The van der Waals surface area contributed by atoms with E-state index in [0.29, 0.717) is 22.0 Å². The molecule has 9 heteroatoms. The van der Waals surface area contributed by atoms with Gasteiger partial charge in [0.05, 0.1) is 12.1 Å². The van der Waals surface area contributed by atoms with Crippen molar-refractivity contribution in [3.63, 3.8) is 0 Å². The Kier molecular flexibility index (Phi) is 8.96. The molecule has 0 unspecified atom stereocenters. The van der Waals surface area contributed by atoms with E-state index in [2.05, 4.69) is 10.6 Å². The predicted molar refractivity (Wildman–Crippen MR) is 142 cm³/mol. The highest BCUT2D eigenvalue weighted by atomic mass is 35.5. The van der Waals surface area contributed by atoms with Gasteiger partial charge in [-0.1, -0.05) is 41.4 Å². The lowest BCUT2D eigenvalue weighted by Crippen LogP contribution is -2.20. The summed E-state index contributed by atoms with van der Waals surface area (Å²) in [5, 5.41) is 15.6.